The zero-order valence-electron chi connectivity index (χ0n) is 26.7. The molecule has 0 amide bonds. The summed E-state index contributed by atoms with van der Waals surface area (Å²) in [6.45, 7) is 8.20. The van der Waals surface area contributed by atoms with E-state index in [1.807, 2.05) is 54.6 Å². The molecule has 0 atom stereocenters. The summed E-state index contributed by atoms with van der Waals surface area (Å²) in [5.74, 6) is 0. The van der Waals surface area contributed by atoms with Crippen LogP contribution in [0.4, 0.5) is 5.69 Å². The Kier molecular flexibility index (Phi) is 6.56. The molecule has 2 aromatic heterocycles. The first-order valence-electron chi connectivity index (χ1n) is 16.3. The molecule has 0 unspecified atom stereocenters. The second-order valence-electron chi connectivity index (χ2n) is 12.2. The minimum atomic E-state index is 0.532. The third-order valence-electron chi connectivity index (χ3n) is 9.63. The van der Waals surface area contributed by atoms with Gasteiger partial charge >= 0.3 is 0 Å². The zero-order chi connectivity index (χ0) is 33.8. The number of nitrogens with zero attached hydrogens (tertiary/aromatic N) is 5. The van der Waals surface area contributed by atoms with Gasteiger partial charge < -0.3 is 9.13 Å². The highest BCUT2D eigenvalue weighted by molar-refractivity contribution is 6.13. The number of para-hydroxylation sites is 3. The largest absolute Gasteiger partial charge is 0.309 e. The van der Waals surface area contributed by atoms with E-state index in [-0.39, 0.29) is 0 Å². The molecule has 50 heavy (non-hydrogen) atoms. The summed E-state index contributed by atoms with van der Waals surface area (Å²) < 4.78 is 4.46. The summed E-state index contributed by atoms with van der Waals surface area (Å²) in [7, 11) is 0. The van der Waals surface area contributed by atoms with Crippen molar-refractivity contribution in [2.24, 2.45) is 0 Å². The molecule has 0 bridgehead atoms. The lowest BCUT2D eigenvalue weighted by molar-refractivity contribution is 1.18. The molecule has 7 aromatic carbocycles. The van der Waals surface area contributed by atoms with Crippen LogP contribution >= 0.6 is 0 Å². The van der Waals surface area contributed by atoms with Crippen LogP contribution in [0, 0.1) is 29.2 Å². The van der Waals surface area contributed by atoms with E-state index in [2.05, 4.69) is 117 Å². The Morgan fingerprint density at radius 2 is 1.10 bits per heavy atom. The van der Waals surface area contributed by atoms with Gasteiger partial charge in [-0.2, -0.15) is 10.5 Å². The molecular formula is C45H25N5. The van der Waals surface area contributed by atoms with Gasteiger partial charge in [0.1, 0.15) is 0 Å². The van der Waals surface area contributed by atoms with Gasteiger partial charge in [-0.15, -0.1) is 0 Å². The van der Waals surface area contributed by atoms with E-state index in [0.717, 1.165) is 66.5 Å². The van der Waals surface area contributed by atoms with Gasteiger partial charge in [0, 0.05) is 32.8 Å². The van der Waals surface area contributed by atoms with Crippen LogP contribution in [-0.4, -0.2) is 9.13 Å². The van der Waals surface area contributed by atoms with Crippen molar-refractivity contribution in [2.45, 2.75) is 0 Å². The molecule has 2 heterocycles. The quantitative estimate of drug-likeness (QED) is 0.181. The Morgan fingerprint density at radius 3 is 1.80 bits per heavy atom. The normalized spacial score (nSPS) is 11.1. The summed E-state index contributed by atoms with van der Waals surface area (Å²) >= 11 is 0. The van der Waals surface area contributed by atoms with Gasteiger partial charge in [-0.1, -0.05) is 91.0 Å². The molecule has 230 valence electrons. The van der Waals surface area contributed by atoms with Crippen molar-refractivity contribution < 1.29 is 0 Å². The fraction of sp³-hybridized carbons (Fsp3) is 0. The molecule has 9 rings (SSSR count). The number of hydrogen-bond donors (Lipinski definition) is 0. The summed E-state index contributed by atoms with van der Waals surface area (Å²) in [6, 6.07) is 55.6. The first kappa shape index (κ1) is 28.8. The third-order valence-corrected chi connectivity index (χ3v) is 9.63. The number of aromatic nitrogens is 2. The Morgan fingerprint density at radius 1 is 0.480 bits per heavy atom. The van der Waals surface area contributed by atoms with Gasteiger partial charge in [0.05, 0.1) is 57.6 Å². The fourth-order valence-electron chi connectivity index (χ4n) is 7.52. The van der Waals surface area contributed by atoms with Crippen LogP contribution < -0.4 is 0 Å². The molecule has 0 radical (unpaired) electrons. The Balaban J connectivity index is 1.30. The monoisotopic (exact) mass is 635 g/mol. The number of hydrogen-bond acceptors (Lipinski definition) is 2. The fourth-order valence-corrected chi connectivity index (χ4v) is 7.52. The van der Waals surface area contributed by atoms with Crippen molar-refractivity contribution >= 4 is 49.3 Å². The minimum Gasteiger partial charge on any atom is -0.309 e. The summed E-state index contributed by atoms with van der Waals surface area (Å²) in [4.78, 5) is 3.99. The molecule has 0 aliphatic rings. The van der Waals surface area contributed by atoms with E-state index in [9.17, 15) is 10.5 Å². The van der Waals surface area contributed by atoms with Crippen LogP contribution in [0.3, 0.4) is 0 Å². The number of rotatable bonds is 4. The molecule has 0 saturated heterocycles. The SMILES string of the molecule is [C-]#[N+]c1ccc(-n2c3ccc(C#N)cc3c3c(C#N)cccc32)cc1-c1ccccc1-c1ccccc1-n1c2ccccc2c2ccccc21. The number of nitriles is 2. The van der Waals surface area contributed by atoms with E-state index >= 15 is 0 Å². The molecule has 5 heteroatoms. The van der Waals surface area contributed by atoms with Crippen LogP contribution in [0.5, 0.6) is 0 Å². The van der Waals surface area contributed by atoms with Gasteiger partial charge in [-0.25, -0.2) is 4.85 Å². The van der Waals surface area contributed by atoms with Crippen LogP contribution in [0.2, 0.25) is 0 Å². The Bertz CT molecular complexity index is 2920. The molecule has 5 nitrogen and oxygen atoms in total. The van der Waals surface area contributed by atoms with E-state index in [0.29, 0.717) is 16.8 Å². The van der Waals surface area contributed by atoms with E-state index in [1.54, 1.807) is 6.07 Å². The standard InChI is InChI=1S/C45H25N5/c1-48-39-23-22-31(49-43-24-21-29(27-46)25-38(43)45-30(28-47)11-10-20-44(45)49)26-37(39)33-13-3-2-12-32(33)34-14-4-7-17-40(34)50-41-18-8-5-15-35(41)36-16-6-9-19-42(36)50/h2-26H. The van der Waals surface area contributed by atoms with Crippen molar-refractivity contribution in [3.05, 3.63) is 174 Å². The second-order valence-corrected chi connectivity index (χ2v) is 12.2. The molecule has 0 aliphatic carbocycles. The van der Waals surface area contributed by atoms with Crippen molar-refractivity contribution in [3.8, 4) is 45.8 Å². The van der Waals surface area contributed by atoms with E-state index < -0.39 is 0 Å². The smallest absolute Gasteiger partial charge is 0.195 e. The highest BCUT2D eigenvalue weighted by atomic mass is 15.0. The maximum atomic E-state index is 10.0. The van der Waals surface area contributed by atoms with Crippen molar-refractivity contribution in [2.75, 3.05) is 0 Å². The molecule has 0 fully saturated rings. The molecule has 9 aromatic rings. The third kappa shape index (κ3) is 4.24. The van der Waals surface area contributed by atoms with Gasteiger partial charge in [-0.3, -0.25) is 0 Å². The van der Waals surface area contributed by atoms with Crippen molar-refractivity contribution in [3.63, 3.8) is 0 Å². The predicted molar refractivity (Wildman–Crippen MR) is 202 cm³/mol. The maximum absolute atomic E-state index is 10.0. The van der Waals surface area contributed by atoms with E-state index in [4.69, 9.17) is 6.57 Å². The Labute approximate surface area is 288 Å². The van der Waals surface area contributed by atoms with E-state index in [1.165, 1.54) is 10.8 Å². The highest BCUT2D eigenvalue weighted by Crippen LogP contribution is 2.43. The second kappa shape index (κ2) is 11.4. The number of benzene rings is 7. The number of fused-ring (bicyclic) bond motifs is 6. The molecule has 0 N–H and O–H groups in total. The molecule has 0 spiro atoms. The molecule has 0 saturated carbocycles. The predicted octanol–water partition coefficient (Wildman–Crippen LogP) is 11.5. The van der Waals surface area contributed by atoms with Crippen molar-refractivity contribution in [1.29, 1.82) is 10.5 Å². The first-order chi connectivity index (χ1) is 24.7. The lowest BCUT2D eigenvalue weighted by Gasteiger charge is -2.18. The minimum absolute atomic E-state index is 0.532. The summed E-state index contributed by atoms with van der Waals surface area (Å²) in [5.41, 5.74) is 11.4. The summed E-state index contributed by atoms with van der Waals surface area (Å²) in [6.07, 6.45) is 0. The molecule has 0 aliphatic heterocycles. The molecular weight excluding hydrogens is 611 g/mol. The topological polar surface area (TPSA) is 61.8 Å². The van der Waals surface area contributed by atoms with Crippen LogP contribution in [0.25, 0.3) is 82.1 Å². The maximum Gasteiger partial charge on any atom is 0.195 e. The van der Waals surface area contributed by atoms with Gasteiger partial charge in [0.2, 0.25) is 0 Å². The average molecular weight is 636 g/mol. The van der Waals surface area contributed by atoms with Crippen LogP contribution in [-0.2, 0) is 0 Å². The lowest BCUT2D eigenvalue weighted by Crippen LogP contribution is -1.98. The lowest BCUT2D eigenvalue weighted by atomic mass is 9.92. The van der Waals surface area contributed by atoms with Crippen LogP contribution in [0.15, 0.2) is 152 Å². The zero-order valence-corrected chi connectivity index (χ0v) is 26.7. The van der Waals surface area contributed by atoms with Crippen LogP contribution in [0.1, 0.15) is 11.1 Å². The van der Waals surface area contributed by atoms with Crippen molar-refractivity contribution in [1.82, 2.24) is 9.13 Å². The highest BCUT2D eigenvalue weighted by Gasteiger charge is 2.20. The summed E-state index contributed by atoms with van der Waals surface area (Å²) in [5, 5.41) is 23.8. The van der Waals surface area contributed by atoms with Gasteiger partial charge in [0.25, 0.3) is 0 Å². The van der Waals surface area contributed by atoms with Gasteiger partial charge in [0.15, 0.2) is 5.69 Å². The Hall–Kier alpha value is -7.39. The van der Waals surface area contributed by atoms with Gasteiger partial charge in [-0.05, 0) is 77.4 Å². The first-order valence-corrected chi connectivity index (χ1v) is 16.3. The average Bonchev–Trinajstić information content (AvgIpc) is 3.70.